The fourth-order valence-electron chi connectivity index (χ4n) is 1.67. The average molecular weight is 339 g/mol. The van der Waals surface area contributed by atoms with Gasteiger partial charge in [0.25, 0.3) is 0 Å². The van der Waals surface area contributed by atoms with Crippen molar-refractivity contribution in [3.05, 3.63) is 57.8 Å². The molecule has 2 rings (SSSR count). The van der Waals surface area contributed by atoms with Crippen LogP contribution in [-0.2, 0) is 0 Å². The quantitative estimate of drug-likeness (QED) is 0.387. The van der Waals surface area contributed by atoms with Crippen LogP contribution in [0.15, 0.2) is 46.0 Å². The highest BCUT2D eigenvalue weighted by Gasteiger charge is 2.15. The summed E-state index contributed by atoms with van der Waals surface area (Å²) in [5, 5.41) is 11.5. The van der Waals surface area contributed by atoms with Gasteiger partial charge in [-0.1, -0.05) is 17.3 Å². The smallest absolute Gasteiger partial charge is 0.180 e. The molecule has 0 saturated heterocycles. The number of halogens is 2. The van der Waals surface area contributed by atoms with E-state index in [2.05, 4.69) is 21.1 Å². The second-order valence-electron chi connectivity index (χ2n) is 4.14. The van der Waals surface area contributed by atoms with E-state index in [-0.39, 0.29) is 21.6 Å². The van der Waals surface area contributed by atoms with E-state index in [4.69, 9.17) is 15.7 Å². The normalized spacial score (nSPS) is 11.4. The fourth-order valence-corrected chi connectivity index (χ4v) is 2.20. The molecule has 0 bridgehead atoms. The van der Waals surface area contributed by atoms with Gasteiger partial charge >= 0.3 is 0 Å². The molecule has 0 spiro atoms. The van der Waals surface area contributed by atoms with Crippen LogP contribution in [-0.4, -0.2) is 11.0 Å². The summed E-state index contributed by atoms with van der Waals surface area (Å²) in [5.41, 5.74) is 6.71. The lowest BCUT2D eigenvalue weighted by Gasteiger charge is -2.10. The van der Waals surface area contributed by atoms with Crippen LogP contribution in [0.3, 0.4) is 0 Å². The highest BCUT2D eigenvalue weighted by Crippen LogP contribution is 2.31. The van der Waals surface area contributed by atoms with Crippen molar-refractivity contribution in [1.82, 2.24) is 0 Å². The van der Waals surface area contributed by atoms with Gasteiger partial charge in [0.05, 0.1) is 4.47 Å². The highest BCUT2D eigenvalue weighted by molar-refractivity contribution is 9.10. The van der Waals surface area contributed by atoms with Crippen LogP contribution in [0.25, 0.3) is 0 Å². The number of aryl methyl sites for hydroxylation is 1. The molecule has 0 radical (unpaired) electrons. The fraction of sp³-hybridized carbons (Fsp3) is 0.0714. The van der Waals surface area contributed by atoms with E-state index in [9.17, 15) is 4.39 Å². The van der Waals surface area contributed by atoms with Crippen LogP contribution >= 0.6 is 15.9 Å². The monoisotopic (exact) mass is 338 g/mol. The zero-order valence-corrected chi connectivity index (χ0v) is 12.2. The summed E-state index contributed by atoms with van der Waals surface area (Å²) < 4.78 is 19.8. The molecule has 2 aromatic rings. The molecule has 0 atom stereocenters. The van der Waals surface area contributed by atoms with Crippen LogP contribution < -0.4 is 10.5 Å². The van der Waals surface area contributed by atoms with Crippen molar-refractivity contribution >= 4 is 21.8 Å². The Balaban J connectivity index is 2.37. The first-order valence-electron chi connectivity index (χ1n) is 5.73. The van der Waals surface area contributed by atoms with Crippen LogP contribution in [0.5, 0.6) is 11.5 Å². The van der Waals surface area contributed by atoms with Crippen LogP contribution in [0.4, 0.5) is 4.39 Å². The van der Waals surface area contributed by atoms with Gasteiger partial charge in [0, 0.05) is 5.56 Å². The molecule has 104 valence electrons. The summed E-state index contributed by atoms with van der Waals surface area (Å²) in [7, 11) is 0. The summed E-state index contributed by atoms with van der Waals surface area (Å²) in [5.74, 6) is -0.210. The predicted molar refractivity (Wildman–Crippen MR) is 77.9 cm³/mol. The second-order valence-corrected chi connectivity index (χ2v) is 4.94. The second kappa shape index (κ2) is 5.92. The molecule has 0 aliphatic rings. The van der Waals surface area contributed by atoms with Gasteiger partial charge < -0.3 is 15.7 Å². The number of hydrogen-bond donors (Lipinski definition) is 2. The van der Waals surface area contributed by atoms with E-state index in [0.29, 0.717) is 5.75 Å². The summed E-state index contributed by atoms with van der Waals surface area (Å²) in [4.78, 5) is 0. The lowest BCUT2D eigenvalue weighted by Crippen LogP contribution is -2.14. The summed E-state index contributed by atoms with van der Waals surface area (Å²) >= 11 is 3.07. The Bertz CT molecular complexity index is 674. The van der Waals surface area contributed by atoms with Gasteiger partial charge in [-0.15, -0.1) is 0 Å². The molecule has 0 heterocycles. The van der Waals surface area contributed by atoms with E-state index in [1.807, 2.05) is 19.1 Å². The van der Waals surface area contributed by atoms with Gasteiger partial charge in [0.1, 0.15) is 5.75 Å². The Hall–Kier alpha value is -2.08. The first-order chi connectivity index (χ1) is 9.52. The Morgan fingerprint density at radius 1 is 1.35 bits per heavy atom. The third kappa shape index (κ3) is 2.91. The van der Waals surface area contributed by atoms with E-state index >= 15 is 0 Å². The molecule has 3 N–H and O–H groups in total. The molecule has 0 saturated carbocycles. The molecule has 0 aliphatic carbocycles. The molecule has 4 nitrogen and oxygen atoms in total. The number of amidine groups is 1. The van der Waals surface area contributed by atoms with E-state index < -0.39 is 5.82 Å². The maximum absolute atomic E-state index is 14.2. The lowest BCUT2D eigenvalue weighted by molar-refractivity contribution is 0.318. The average Bonchev–Trinajstić information content (AvgIpc) is 2.43. The zero-order chi connectivity index (χ0) is 14.7. The maximum Gasteiger partial charge on any atom is 0.180 e. The van der Waals surface area contributed by atoms with Crippen molar-refractivity contribution in [3.63, 3.8) is 0 Å². The standard InChI is InChI=1S/C14H12BrFN2O2/c1-8-3-2-4-9(7-8)20-11-6-5-10(14(17)18-19)12(15)13(11)16/h2-7,19H,1H3,(H2,17,18). The van der Waals surface area contributed by atoms with Crippen molar-refractivity contribution in [2.75, 3.05) is 0 Å². The molecule has 2 aromatic carbocycles. The van der Waals surface area contributed by atoms with Crippen LogP contribution in [0.2, 0.25) is 0 Å². The van der Waals surface area contributed by atoms with Crippen molar-refractivity contribution < 1.29 is 14.3 Å². The molecular formula is C14H12BrFN2O2. The third-order valence-electron chi connectivity index (χ3n) is 2.65. The van der Waals surface area contributed by atoms with E-state index in [0.717, 1.165) is 5.56 Å². The number of nitrogens with zero attached hydrogens (tertiary/aromatic N) is 1. The van der Waals surface area contributed by atoms with Crippen molar-refractivity contribution in [2.45, 2.75) is 6.92 Å². The minimum absolute atomic E-state index is 0.0527. The molecule has 20 heavy (non-hydrogen) atoms. The maximum atomic E-state index is 14.2. The topological polar surface area (TPSA) is 67.8 Å². The van der Waals surface area contributed by atoms with E-state index in [1.165, 1.54) is 12.1 Å². The minimum atomic E-state index is -0.615. The number of hydrogen-bond acceptors (Lipinski definition) is 3. The van der Waals surface area contributed by atoms with Crippen molar-refractivity contribution in [1.29, 1.82) is 0 Å². The Kier molecular flexibility index (Phi) is 4.24. The predicted octanol–water partition coefficient (Wildman–Crippen LogP) is 3.78. The van der Waals surface area contributed by atoms with Gasteiger partial charge in [-0.3, -0.25) is 0 Å². The van der Waals surface area contributed by atoms with Crippen LogP contribution in [0.1, 0.15) is 11.1 Å². The van der Waals surface area contributed by atoms with Gasteiger partial charge in [0.2, 0.25) is 0 Å². The molecule has 0 fully saturated rings. The number of ether oxygens (including phenoxy) is 1. The number of benzene rings is 2. The Morgan fingerprint density at radius 3 is 2.75 bits per heavy atom. The zero-order valence-electron chi connectivity index (χ0n) is 10.6. The summed E-state index contributed by atoms with van der Waals surface area (Å²) in [6.45, 7) is 1.92. The van der Waals surface area contributed by atoms with Crippen LogP contribution in [0, 0.1) is 12.7 Å². The van der Waals surface area contributed by atoms with Crippen molar-refractivity contribution in [3.8, 4) is 11.5 Å². The van der Waals surface area contributed by atoms with Gasteiger partial charge in [0.15, 0.2) is 17.4 Å². The Labute approximate surface area is 123 Å². The van der Waals surface area contributed by atoms with Gasteiger partial charge in [-0.25, -0.2) is 4.39 Å². The number of oxime groups is 1. The largest absolute Gasteiger partial charge is 0.454 e. The van der Waals surface area contributed by atoms with Gasteiger partial charge in [-0.05, 0) is 52.7 Å². The summed E-state index contributed by atoms with van der Waals surface area (Å²) in [6.07, 6.45) is 0. The number of nitrogens with two attached hydrogens (primary N) is 1. The third-order valence-corrected chi connectivity index (χ3v) is 3.42. The molecule has 0 aromatic heterocycles. The molecule has 0 unspecified atom stereocenters. The van der Waals surface area contributed by atoms with Crippen molar-refractivity contribution in [2.24, 2.45) is 10.9 Å². The lowest BCUT2D eigenvalue weighted by atomic mass is 10.2. The minimum Gasteiger partial charge on any atom is -0.454 e. The molecule has 0 amide bonds. The van der Waals surface area contributed by atoms with Gasteiger partial charge in [-0.2, -0.15) is 0 Å². The Morgan fingerprint density at radius 2 is 2.10 bits per heavy atom. The summed E-state index contributed by atoms with van der Waals surface area (Å²) in [6, 6.07) is 10.2. The first kappa shape index (κ1) is 14.3. The molecule has 0 aliphatic heterocycles. The highest BCUT2D eigenvalue weighted by atomic mass is 79.9. The van der Waals surface area contributed by atoms with E-state index in [1.54, 1.807) is 12.1 Å². The SMILES string of the molecule is Cc1cccc(Oc2ccc(/C(N)=N/O)c(Br)c2F)c1. The number of rotatable bonds is 3. The molecule has 6 heteroatoms. The first-order valence-corrected chi connectivity index (χ1v) is 6.52. The molecular weight excluding hydrogens is 327 g/mol.